The third kappa shape index (κ3) is 5.08. The largest absolute Gasteiger partial charge is 0.343 e. The van der Waals surface area contributed by atoms with Crippen molar-refractivity contribution in [3.8, 4) is 0 Å². The average molecular weight is 379 g/mol. The Morgan fingerprint density at radius 2 is 1.88 bits per heavy atom. The van der Waals surface area contributed by atoms with Gasteiger partial charge in [0.25, 0.3) is 0 Å². The molecule has 1 atom stereocenters. The fourth-order valence-corrected chi connectivity index (χ4v) is 4.18. The first-order valence-electron chi connectivity index (χ1n) is 9.64. The topological polar surface area (TPSA) is 49.4 Å². The SMILES string of the molecule is Cc1ccc(C(=O)C2CCN(C(=O)C[C@@H]3CCCNC3)CC2)c(C)c1.Cl. The summed E-state index contributed by atoms with van der Waals surface area (Å²) >= 11 is 0. The summed E-state index contributed by atoms with van der Waals surface area (Å²) in [4.78, 5) is 27.3. The molecule has 0 spiro atoms. The van der Waals surface area contributed by atoms with Crippen molar-refractivity contribution >= 4 is 24.1 Å². The summed E-state index contributed by atoms with van der Waals surface area (Å²) in [5, 5.41) is 3.38. The van der Waals surface area contributed by atoms with Crippen LogP contribution in [0.4, 0.5) is 0 Å². The lowest BCUT2D eigenvalue weighted by Gasteiger charge is -2.33. The van der Waals surface area contributed by atoms with Crippen LogP contribution in [-0.4, -0.2) is 42.8 Å². The molecule has 1 aromatic rings. The molecule has 0 bridgehead atoms. The standard InChI is InChI=1S/C21H30N2O2.ClH/c1-15-5-6-19(16(2)12-15)21(25)18-7-10-23(11-8-18)20(24)13-17-4-3-9-22-14-17;/h5-6,12,17-18,22H,3-4,7-11,13-14H2,1-2H3;1H/t17-;/m0./s1. The maximum absolute atomic E-state index is 12.8. The third-order valence-corrected chi connectivity index (χ3v) is 5.73. The summed E-state index contributed by atoms with van der Waals surface area (Å²) in [5.41, 5.74) is 3.10. The van der Waals surface area contributed by atoms with Crippen molar-refractivity contribution in [2.75, 3.05) is 26.2 Å². The number of ketones is 1. The Labute approximate surface area is 163 Å². The van der Waals surface area contributed by atoms with Crippen LogP contribution in [0.25, 0.3) is 0 Å². The number of piperidine rings is 2. The third-order valence-electron chi connectivity index (χ3n) is 5.73. The van der Waals surface area contributed by atoms with Crippen LogP contribution in [0.5, 0.6) is 0 Å². The first-order valence-corrected chi connectivity index (χ1v) is 9.64. The highest BCUT2D eigenvalue weighted by molar-refractivity contribution is 5.99. The number of aryl methyl sites for hydroxylation is 2. The van der Waals surface area contributed by atoms with E-state index in [0.29, 0.717) is 12.3 Å². The number of rotatable bonds is 4. The second kappa shape index (κ2) is 9.52. The summed E-state index contributed by atoms with van der Waals surface area (Å²) < 4.78 is 0. The molecule has 5 heteroatoms. The van der Waals surface area contributed by atoms with Crippen molar-refractivity contribution < 1.29 is 9.59 Å². The first-order chi connectivity index (χ1) is 12.0. The maximum Gasteiger partial charge on any atom is 0.222 e. The summed E-state index contributed by atoms with van der Waals surface area (Å²) in [5.74, 6) is 1.06. The van der Waals surface area contributed by atoms with Gasteiger partial charge in [0.1, 0.15) is 0 Å². The van der Waals surface area contributed by atoms with E-state index in [4.69, 9.17) is 0 Å². The van der Waals surface area contributed by atoms with Crippen molar-refractivity contribution in [3.63, 3.8) is 0 Å². The summed E-state index contributed by atoms with van der Waals surface area (Å²) in [6, 6.07) is 6.04. The van der Waals surface area contributed by atoms with Crippen LogP contribution in [0.2, 0.25) is 0 Å². The highest BCUT2D eigenvalue weighted by Crippen LogP contribution is 2.25. The Bertz CT molecular complexity index is 633. The predicted octanol–water partition coefficient (Wildman–Crippen LogP) is 3.54. The molecule has 0 radical (unpaired) electrons. The van der Waals surface area contributed by atoms with Crippen LogP contribution in [0.3, 0.4) is 0 Å². The van der Waals surface area contributed by atoms with Crippen LogP contribution in [0.15, 0.2) is 18.2 Å². The minimum atomic E-state index is 0. The second-order valence-corrected chi connectivity index (χ2v) is 7.75. The van der Waals surface area contributed by atoms with Gasteiger partial charge in [-0.05, 0) is 64.1 Å². The number of likely N-dealkylation sites (tertiary alicyclic amines) is 1. The number of benzene rings is 1. The lowest BCUT2D eigenvalue weighted by Crippen LogP contribution is -2.42. The number of carbonyl (C=O) groups excluding carboxylic acids is 2. The van der Waals surface area contributed by atoms with E-state index in [-0.39, 0.29) is 30.0 Å². The molecule has 26 heavy (non-hydrogen) atoms. The fourth-order valence-electron chi connectivity index (χ4n) is 4.18. The number of halogens is 1. The van der Waals surface area contributed by atoms with Crippen molar-refractivity contribution in [1.29, 1.82) is 0 Å². The molecule has 1 aromatic carbocycles. The van der Waals surface area contributed by atoms with Crippen molar-refractivity contribution in [3.05, 3.63) is 34.9 Å². The summed E-state index contributed by atoms with van der Waals surface area (Å²) in [6.45, 7) is 7.55. The van der Waals surface area contributed by atoms with Gasteiger partial charge < -0.3 is 10.2 Å². The molecule has 2 aliphatic rings. The molecule has 0 aliphatic carbocycles. The molecular weight excluding hydrogens is 348 g/mol. The molecule has 2 aliphatic heterocycles. The second-order valence-electron chi connectivity index (χ2n) is 7.75. The van der Waals surface area contributed by atoms with Gasteiger partial charge in [-0.15, -0.1) is 12.4 Å². The maximum atomic E-state index is 12.8. The molecule has 4 nitrogen and oxygen atoms in total. The van der Waals surface area contributed by atoms with Gasteiger partial charge >= 0.3 is 0 Å². The van der Waals surface area contributed by atoms with Gasteiger partial charge in [0.15, 0.2) is 5.78 Å². The average Bonchev–Trinajstić information content (AvgIpc) is 2.62. The number of Topliss-reactive ketones (excluding diaryl/α,β-unsaturated/α-hetero) is 1. The fraction of sp³-hybridized carbons (Fsp3) is 0.619. The minimum Gasteiger partial charge on any atom is -0.343 e. The number of hydrogen-bond acceptors (Lipinski definition) is 3. The van der Waals surface area contributed by atoms with E-state index in [1.54, 1.807) is 0 Å². The van der Waals surface area contributed by atoms with Gasteiger partial charge in [-0.1, -0.05) is 23.8 Å². The van der Waals surface area contributed by atoms with E-state index < -0.39 is 0 Å². The van der Waals surface area contributed by atoms with E-state index in [9.17, 15) is 9.59 Å². The molecule has 2 fully saturated rings. The van der Waals surface area contributed by atoms with Gasteiger partial charge in [0.05, 0.1) is 0 Å². The highest BCUT2D eigenvalue weighted by atomic mass is 35.5. The minimum absolute atomic E-state index is 0. The summed E-state index contributed by atoms with van der Waals surface area (Å²) in [7, 11) is 0. The van der Waals surface area contributed by atoms with E-state index in [1.165, 1.54) is 12.0 Å². The van der Waals surface area contributed by atoms with Gasteiger partial charge in [0, 0.05) is 31.0 Å². The highest BCUT2D eigenvalue weighted by Gasteiger charge is 2.29. The zero-order chi connectivity index (χ0) is 17.8. The van der Waals surface area contributed by atoms with Crippen LogP contribution in [0, 0.1) is 25.7 Å². The smallest absolute Gasteiger partial charge is 0.222 e. The van der Waals surface area contributed by atoms with E-state index >= 15 is 0 Å². The van der Waals surface area contributed by atoms with Gasteiger partial charge in [-0.25, -0.2) is 0 Å². The van der Waals surface area contributed by atoms with Crippen LogP contribution < -0.4 is 5.32 Å². The Morgan fingerprint density at radius 3 is 2.50 bits per heavy atom. The zero-order valence-corrected chi connectivity index (χ0v) is 16.7. The first kappa shape index (κ1) is 20.9. The molecule has 2 saturated heterocycles. The zero-order valence-electron chi connectivity index (χ0n) is 15.9. The van der Waals surface area contributed by atoms with Crippen molar-refractivity contribution in [1.82, 2.24) is 10.2 Å². The number of nitrogens with zero attached hydrogens (tertiary/aromatic N) is 1. The lowest BCUT2D eigenvalue weighted by molar-refractivity contribution is -0.133. The van der Waals surface area contributed by atoms with Crippen LogP contribution >= 0.6 is 12.4 Å². The van der Waals surface area contributed by atoms with E-state index in [2.05, 4.69) is 11.4 Å². The number of nitrogens with one attached hydrogen (secondary N) is 1. The monoisotopic (exact) mass is 378 g/mol. The molecule has 0 aromatic heterocycles. The quantitative estimate of drug-likeness (QED) is 0.815. The van der Waals surface area contributed by atoms with Crippen molar-refractivity contribution in [2.45, 2.75) is 46.0 Å². The molecule has 0 unspecified atom stereocenters. The van der Waals surface area contributed by atoms with Crippen LogP contribution in [-0.2, 0) is 4.79 Å². The normalized spacial score (nSPS) is 21.2. The van der Waals surface area contributed by atoms with E-state index in [0.717, 1.165) is 56.6 Å². The molecule has 1 amide bonds. The Hall–Kier alpha value is -1.39. The Balaban J connectivity index is 0.00000243. The molecule has 2 heterocycles. The predicted molar refractivity (Wildman–Crippen MR) is 107 cm³/mol. The lowest BCUT2D eigenvalue weighted by atomic mass is 9.86. The van der Waals surface area contributed by atoms with Gasteiger partial charge in [-0.2, -0.15) is 0 Å². The molecule has 1 N–H and O–H groups in total. The van der Waals surface area contributed by atoms with E-state index in [1.807, 2.05) is 30.9 Å². The summed E-state index contributed by atoms with van der Waals surface area (Å²) in [6.07, 6.45) is 4.56. The number of carbonyl (C=O) groups is 2. The Kier molecular flexibility index (Phi) is 7.66. The molecule has 144 valence electrons. The van der Waals surface area contributed by atoms with Crippen LogP contribution in [0.1, 0.15) is 53.6 Å². The molecule has 0 saturated carbocycles. The molecule has 3 rings (SSSR count). The Morgan fingerprint density at radius 1 is 1.15 bits per heavy atom. The molecular formula is C21H31ClN2O2. The number of hydrogen-bond donors (Lipinski definition) is 1. The van der Waals surface area contributed by atoms with Gasteiger partial charge in [0.2, 0.25) is 5.91 Å². The number of amides is 1. The van der Waals surface area contributed by atoms with Crippen molar-refractivity contribution in [2.24, 2.45) is 11.8 Å². The van der Waals surface area contributed by atoms with Gasteiger partial charge in [-0.3, -0.25) is 9.59 Å².